The highest BCUT2D eigenvalue weighted by Crippen LogP contribution is 2.22. The molecule has 3 amide bonds. The molecule has 10 nitrogen and oxygen atoms in total. The number of nitrogens with one attached hydrogen (secondary N) is 3. The van der Waals surface area contributed by atoms with Crippen LogP contribution in [0.2, 0.25) is 0 Å². The van der Waals surface area contributed by atoms with E-state index in [2.05, 4.69) is 39.8 Å². The Labute approximate surface area is 218 Å². The molecule has 1 aliphatic heterocycles. The Morgan fingerprint density at radius 1 is 1.11 bits per heavy atom. The Hall–Kier alpha value is -3.43. The van der Waals surface area contributed by atoms with Crippen molar-refractivity contribution in [1.82, 2.24) is 16.0 Å². The lowest BCUT2D eigenvalue weighted by Gasteiger charge is -2.24. The van der Waals surface area contributed by atoms with Gasteiger partial charge in [0.05, 0.1) is 43.3 Å². The van der Waals surface area contributed by atoms with E-state index in [4.69, 9.17) is 14.7 Å². The molecule has 0 aromatic heterocycles. The largest absolute Gasteiger partial charge is 0.485 e. The first-order chi connectivity index (χ1) is 17.9. The van der Waals surface area contributed by atoms with Gasteiger partial charge in [-0.1, -0.05) is 13.0 Å². The van der Waals surface area contributed by atoms with Gasteiger partial charge in [0, 0.05) is 25.2 Å². The lowest BCUT2D eigenvalue weighted by Crippen LogP contribution is -2.40. The molecule has 3 N–H and O–H groups in total. The molecule has 10 heteroatoms. The van der Waals surface area contributed by atoms with Crippen molar-refractivity contribution < 1.29 is 23.9 Å². The Balaban J connectivity index is 1.61. The predicted molar refractivity (Wildman–Crippen MR) is 142 cm³/mol. The summed E-state index contributed by atoms with van der Waals surface area (Å²) in [5.41, 5.74) is 2.45. The summed E-state index contributed by atoms with van der Waals surface area (Å²) in [7, 11) is 1.30. The van der Waals surface area contributed by atoms with Crippen LogP contribution in [0, 0.1) is 11.8 Å². The van der Waals surface area contributed by atoms with Gasteiger partial charge in [-0.15, -0.1) is 0 Å². The van der Waals surface area contributed by atoms with Crippen molar-refractivity contribution >= 4 is 29.3 Å². The highest BCUT2D eigenvalue weighted by Gasteiger charge is 2.29. The second-order valence-corrected chi connectivity index (χ2v) is 9.45. The van der Waals surface area contributed by atoms with E-state index in [0.717, 1.165) is 30.0 Å². The Bertz CT molecular complexity index is 997. The number of carbonyl (C=O) groups excluding carboxylic acids is 3. The van der Waals surface area contributed by atoms with Gasteiger partial charge in [-0.05, 0) is 63.2 Å². The van der Waals surface area contributed by atoms with E-state index >= 15 is 0 Å². The molecule has 0 saturated carbocycles. The molecule has 0 aromatic carbocycles. The third-order valence-electron chi connectivity index (χ3n) is 6.57. The highest BCUT2D eigenvalue weighted by atomic mass is 16.5. The van der Waals surface area contributed by atoms with E-state index in [9.17, 15) is 14.4 Å². The topological polar surface area (TPSA) is 130 Å². The normalized spacial score (nSPS) is 25.2. The third-order valence-corrected chi connectivity index (χ3v) is 6.57. The lowest BCUT2D eigenvalue weighted by molar-refractivity contribution is -0.128. The Kier molecular flexibility index (Phi) is 10.9. The van der Waals surface area contributed by atoms with Gasteiger partial charge in [-0.25, -0.2) is 4.79 Å². The molecule has 0 aromatic rings. The second-order valence-electron chi connectivity index (χ2n) is 9.45. The fraction of sp³-hybridized carbons (Fsp3) is 0.593. The highest BCUT2D eigenvalue weighted by molar-refractivity contribution is 6.05. The minimum Gasteiger partial charge on any atom is -0.485 e. The van der Waals surface area contributed by atoms with Gasteiger partial charge in [0.25, 0.3) is 5.91 Å². The first-order valence-electron chi connectivity index (χ1n) is 13.1. The molecule has 202 valence electrons. The van der Waals surface area contributed by atoms with Crippen LogP contribution in [0.25, 0.3) is 0 Å². The van der Waals surface area contributed by atoms with Crippen LogP contribution in [-0.4, -0.2) is 68.7 Å². The molecule has 0 saturated heterocycles. The number of carbonyl (C=O) groups is 3. The van der Waals surface area contributed by atoms with Crippen molar-refractivity contribution in [3.63, 3.8) is 0 Å². The number of nitrogens with zero attached hydrogens (tertiary/aromatic N) is 2. The van der Waals surface area contributed by atoms with E-state index in [1.807, 2.05) is 13.0 Å². The number of allylic oxidation sites excluding steroid dienone is 4. The SMILES string of the molecule is COC(=O)NCCCNC(=O)C1C=C(NC(=O)C2CC=C(C)O2)C(=NCCN=C2C=CCCC2C)CC1. The summed E-state index contributed by atoms with van der Waals surface area (Å²) in [6.07, 6.45) is 11.3. The van der Waals surface area contributed by atoms with Crippen molar-refractivity contribution in [2.75, 3.05) is 33.3 Å². The summed E-state index contributed by atoms with van der Waals surface area (Å²) in [6.45, 7) is 5.92. The number of hydrogen-bond donors (Lipinski definition) is 3. The van der Waals surface area contributed by atoms with Crippen LogP contribution in [0.15, 0.2) is 45.7 Å². The minimum atomic E-state index is -0.579. The zero-order chi connectivity index (χ0) is 26.6. The fourth-order valence-corrected chi connectivity index (χ4v) is 4.39. The smallest absolute Gasteiger partial charge is 0.406 e. The van der Waals surface area contributed by atoms with E-state index in [1.54, 1.807) is 6.08 Å². The summed E-state index contributed by atoms with van der Waals surface area (Å²) in [4.78, 5) is 46.2. The first-order valence-corrected chi connectivity index (χ1v) is 13.1. The quantitative estimate of drug-likeness (QED) is 0.387. The summed E-state index contributed by atoms with van der Waals surface area (Å²) < 4.78 is 10.1. The molecule has 3 unspecified atom stereocenters. The molecule has 0 radical (unpaired) electrons. The molecule has 3 atom stereocenters. The Morgan fingerprint density at radius 2 is 1.89 bits per heavy atom. The van der Waals surface area contributed by atoms with Gasteiger partial charge in [0.1, 0.15) is 0 Å². The summed E-state index contributed by atoms with van der Waals surface area (Å²) in [5.74, 6) is 0.434. The lowest BCUT2D eigenvalue weighted by atomic mass is 9.91. The molecule has 1 heterocycles. The fourth-order valence-electron chi connectivity index (χ4n) is 4.39. The van der Waals surface area contributed by atoms with Crippen LogP contribution < -0.4 is 16.0 Å². The maximum Gasteiger partial charge on any atom is 0.406 e. The molecule has 3 aliphatic rings. The standard InChI is InChI=1S/C27H39N5O5/c1-18-7-4-5-8-21(18)28-15-16-29-22-11-10-20(25(33)30-13-6-14-31-27(35)36-3)17-23(22)32-26(34)24-12-9-19(2)37-24/h5,8-9,17-18,20,24H,4,6-7,10-16H2,1-3H3,(H,30,33)(H,31,35)(H,32,34). The van der Waals surface area contributed by atoms with Crippen molar-refractivity contribution in [2.24, 2.45) is 21.8 Å². The molecular formula is C27H39N5O5. The van der Waals surface area contributed by atoms with Crippen LogP contribution >= 0.6 is 0 Å². The molecule has 3 rings (SSSR count). The van der Waals surface area contributed by atoms with E-state index in [1.165, 1.54) is 7.11 Å². The minimum absolute atomic E-state index is 0.122. The zero-order valence-electron chi connectivity index (χ0n) is 22.0. The van der Waals surface area contributed by atoms with Gasteiger partial charge in [-0.2, -0.15) is 0 Å². The van der Waals surface area contributed by atoms with Gasteiger partial charge >= 0.3 is 6.09 Å². The second kappa shape index (κ2) is 14.3. The van der Waals surface area contributed by atoms with Gasteiger partial charge in [-0.3, -0.25) is 19.6 Å². The number of hydrogen-bond acceptors (Lipinski definition) is 7. The van der Waals surface area contributed by atoms with Crippen molar-refractivity contribution in [3.05, 3.63) is 35.8 Å². The summed E-state index contributed by atoms with van der Waals surface area (Å²) in [6, 6.07) is 0. The molecule has 0 fully saturated rings. The number of aliphatic imine (C=N–C) groups is 2. The summed E-state index contributed by atoms with van der Waals surface area (Å²) in [5, 5.41) is 8.44. The number of ether oxygens (including phenoxy) is 2. The average molecular weight is 514 g/mol. The molecule has 2 aliphatic carbocycles. The number of rotatable bonds is 10. The number of methoxy groups -OCH3 is 1. The summed E-state index contributed by atoms with van der Waals surface area (Å²) >= 11 is 0. The zero-order valence-corrected chi connectivity index (χ0v) is 22.0. The monoisotopic (exact) mass is 513 g/mol. The number of alkyl carbamates (subject to hydrolysis) is 1. The predicted octanol–water partition coefficient (Wildman–Crippen LogP) is 2.82. The Morgan fingerprint density at radius 3 is 2.62 bits per heavy atom. The van der Waals surface area contributed by atoms with Crippen molar-refractivity contribution in [1.29, 1.82) is 0 Å². The van der Waals surface area contributed by atoms with E-state index in [0.29, 0.717) is 63.5 Å². The molecule has 0 bridgehead atoms. The van der Waals surface area contributed by atoms with E-state index < -0.39 is 12.2 Å². The third kappa shape index (κ3) is 8.87. The van der Waals surface area contributed by atoms with Gasteiger partial charge in [0.15, 0.2) is 6.10 Å². The molecule has 0 spiro atoms. The van der Waals surface area contributed by atoms with E-state index in [-0.39, 0.29) is 17.7 Å². The van der Waals surface area contributed by atoms with Crippen LogP contribution in [0.1, 0.15) is 52.4 Å². The van der Waals surface area contributed by atoms with Crippen molar-refractivity contribution in [2.45, 2.75) is 58.5 Å². The molecular weight excluding hydrogens is 474 g/mol. The maximum absolute atomic E-state index is 12.8. The maximum atomic E-state index is 12.8. The first kappa shape index (κ1) is 28.1. The van der Waals surface area contributed by atoms with Crippen molar-refractivity contribution in [3.8, 4) is 0 Å². The van der Waals surface area contributed by atoms with Crippen LogP contribution in [0.4, 0.5) is 4.79 Å². The van der Waals surface area contributed by atoms with Crippen LogP contribution in [0.3, 0.4) is 0 Å². The van der Waals surface area contributed by atoms with Gasteiger partial charge in [0.2, 0.25) is 5.91 Å². The van der Waals surface area contributed by atoms with Crippen LogP contribution in [-0.2, 0) is 19.1 Å². The van der Waals surface area contributed by atoms with Crippen LogP contribution in [0.5, 0.6) is 0 Å². The van der Waals surface area contributed by atoms with Gasteiger partial charge < -0.3 is 25.4 Å². The molecule has 37 heavy (non-hydrogen) atoms. The number of amides is 3. The average Bonchev–Trinajstić information content (AvgIpc) is 3.34.